The molecule has 0 fully saturated rings. The zero-order valence-corrected chi connectivity index (χ0v) is 9.75. The second-order valence-corrected chi connectivity index (χ2v) is 3.62. The summed E-state index contributed by atoms with van der Waals surface area (Å²) in [7, 11) is 1.31. The van der Waals surface area contributed by atoms with Crippen LogP contribution < -0.4 is 11.5 Å². The molecular formula is C12H12N4O2. The number of pyridine rings is 2. The molecular weight excluding hydrogens is 232 g/mol. The zero-order chi connectivity index (χ0) is 13.1. The van der Waals surface area contributed by atoms with Gasteiger partial charge in [-0.25, -0.2) is 9.78 Å². The molecule has 2 heterocycles. The van der Waals surface area contributed by atoms with E-state index >= 15 is 0 Å². The fraction of sp³-hybridized carbons (Fsp3) is 0.0833. The first-order valence-corrected chi connectivity index (χ1v) is 5.17. The van der Waals surface area contributed by atoms with Gasteiger partial charge >= 0.3 is 5.97 Å². The highest BCUT2D eigenvalue weighted by molar-refractivity contribution is 5.90. The Morgan fingerprint density at radius 2 is 2.06 bits per heavy atom. The van der Waals surface area contributed by atoms with E-state index in [1.807, 2.05) is 0 Å². The van der Waals surface area contributed by atoms with Gasteiger partial charge in [0.1, 0.15) is 5.82 Å². The molecule has 0 aliphatic carbocycles. The second kappa shape index (κ2) is 4.70. The smallest absolute Gasteiger partial charge is 0.339 e. The van der Waals surface area contributed by atoms with Gasteiger partial charge in [-0.3, -0.25) is 4.98 Å². The Labute approximate surface area is 104 Å². The number of nitrogens with zero attached hydrogens (tertiary/aromatic N) is 2. The number of carbonyl (C=O) groups excluding carboxylic acids is 1. The third-order valence-electron chi connectivity index (χ3n) is 2.41. The average molecular weight is 244 g/mol. The van der Waals surface area contributed by atoms with Gasteiger partial charge in [0.15, 0.2) is 0 Å². The first-order valence-electron chi connectivity index (χ1n) is 5.17. The van der Waals surface area contributed by atoms with Gasteiger partial charge in [0.2, 0.25) is 0 Å². The van der Waals surface area contributed by atoms with E-state index < -0.39 is 5.97 Å². The fourth-order valence-electron chi connectivity index (χ4n) is 1.46. The molecule has 0 spiro atoms. The molecule has 0 aliphatic rings. The van der Waals surface area contributed by atoms with Crippen molar-refractivity contribution < 1.29 is 9.53 Å². The summed E-state index contributed by atoms with van der Waals surface area (Å²) in [5.41, 5.74) is 13.3. The average Bonchev–Trinajstić information content (AvgIpc) is 2.41. The zero-order valence-electron chi connectivity index (χ0n) is 9.75. The number of hydrogen-bond acceptors (Lipinski definition) is 6. The van der Waals surface area contributed by atoms with Gasteiger partial charge in [-0.2, -0.15) is 0 Å². The largest absolute Gasteiger partial charge is 0.465 e. The molecule has 0 unspecified atom stereocenters. The van der Waals surface area contributed by atoms with Crippen molar-refractivity contribution in [1.29, 1.82) is 0 Å². The molecule has 18 heavy (non-hydrogen) atoms. The molecule has 0 saturated carbocycles. The first kappa shape index (κ1) is 11.8. The summed E-state index contributed by atoms with van der Waals surface area (Å²) < 4.78 is 4.63. The van der Waals surface area contributed by atoms with Crippen LogP contribution in [0.1, 0.15) is 10.4 Å². The molecule has 4 N–H and O–H groups in total. The molecule has 0 amide bonds. The van der Waals surface area contributed by atoms with Crippen LogP contribution in [0, 0.1) is 0 Å². The van der Waals surface area contributed by atoms with Gasteiger partial charge in [-0.1, -0.05) is 0 Å². The summed E-state index contributed by atoms with van der Waals surface area (Å²) in [5, 5.41) is 0. The number of rotatable bonds is 2. The lowest BCUT2D eigenvalue weighted by Gasteiger charge is -2.05. The van der Waals surface area contributed by atoms with Crippen molar-refractivity contribution in [3.63, 3.8) is 0 Å². The van der Waals surface area contributed by atoms with E-state index in [9.17, 15) is 4.79 Å². The maximum absolute atomic E-state index is 11.4. The maximum Gasteiger partial charge on any atom is 0.339 e. The van der Waals surface area contributed by atoms with Crippen LogP contribution in [-0.4, -0.2) is 23.0 Å². The topological polar surface area (TPSA) is 104 Å². The van der Waals surface area contributed by atoms with Gasteiger partial charge < -0.3 is 16.2 Å². The summed E-state index contributed by atoms with van der Waals surface area (Å²) >= 11 is 0. The third kappa shape index (κ3) is 2.22. The predicted molar refractivity (Wildman–Crippen MR) is 67.6 cm³/mol. The van der Waals surface area contributed by atoms with Gasteiger partial charge in [0.25, 0.3) is 0 Å². The van der Waals surface area contributed by atoms with Crippen LogP contribution >= 0.6 is 0 Å². The molecule has 2 aromatic heterocycles. The van der Waals surface area contributed by atoms with Gasteiger partial charge in [-0.15, -0.1) is 0 Å². The fourth-order valence-corrected chi connectivity index (χ4v) is 1.46. The quantitative estimate of drug-likeness (QED) is 0.766. The standard InChI is InChI=1S/C12H12N4O2/c1-18-12(17)8-4-7(5-15-6-8)10-3-2-9(13)11(14)16-10/h2-6H,13H2,1H3,(H2,14,16). The van der Waals surface area contributed by atoms with E-state index in [-0.39, 0.29) is 5.82 Å². The second-order valence-electron chi connectivity index (χ2n) is 3.62. The van der Waals surface area contributed by atoms with Crippen molar-refractivity contribution in [2.24, 2.45) is 0 Å². The van der Waals surface area contributed by atoms with E-state index in [0.717, 1.165) is 0 Å². The van der Waals surface area contributed by atoms with Crippen molar-refractivity contribution in [3.05, 3.63) is 36.2 Å². The number of esters is 1. The van der Waals surface area contributed by atoms with Crippen molar-refractivity contribution in [1.82, 2.24) is 9.97 Å². The molecule has 0 aromatic carbocycles. The predicted octanol–water partition coefficient (Wildman–Crippen LogP) is 1.09. The first-order chi connectivity index (χ1) is 8.61. The summed E-state index contributed by atoms with van der Waals surface area (Å²) in [4.78, 5) is 19.5. The highest BCUT2D eigenvalue weighted by Gasteiger charge is 2.09. The molecule has 2 rings (SSSR count). The Morgan fingerprint density at radius 3 is 2.72 bits per heavy atom. The van der Waals surface area contributed by atoms with Crippen LogP contribution in [-0.2, 0) is 4.74 Å². The number of hydrogen-bond donors (Lipinski definition) is 2. The molecule has 92 valence electrons. The Kier molecular flexibility index (Phi) is 3.09. The lowest BCUT2D eigenvalue weighted by Crippen LogP contribution is -2.03. The van der Waals surface area contributed by atoms with Crippen LogP contribution in [0.15, 0.2) is 30.6 Å². The van der Waals surface area contributed by atoms with E-state index in [1.165, 1.54) is 13.3 Å². The minimum Gasteiger partial charge on any atom is -0.465 e. The van der Waals surface area contributed by atoms with Gasteiger partial charge in [0, 0.05) is 18.0 Å². The summed E-state index contributed by atoms with van der Waals surface area (Å²) in [5.74, 6) is -0.205. The number of methoxy groups -OCH3 is 1. The molecule has 6 nitrogen and oxygen atoms in total. The minimum absolute atomic E-state index is 0.246. The summed E-state index contributed by atoms with van der Waals surface area (Å²) in [6.07, 6.45) is 3.01. The Balaban J connectivity index is 2.44. The molecule has 0 bridgehead atoms. The molecule has 0 saturated heterocycles. The van der Waals surface area contributed by atoms with Crippen molar-refractivity contribution in [2.45, 2.75) is 0 Å². The van der Waals surface area contributed by atoms with Gasteiger partial charge in [0.05, 0.1) is 24.1 Å². The third-order valence-corrected chi connectivity index (χ3v) is 2.41. The molecule has 2 aromatic rings. The number of anilines is 2. The molecule has 0 radical (unpaired) electrons. The van der Waals surface area contributed by atoms with Crippen LogP contribution in [0.3, 0.4) is 0 Å². The lowest BCUT2D eigenvalue weighted by atomic mass is 10.1. The Bertz CT molecular complexity index is 598. The monoisotopic (exact) mass is 244 g/mol. The highest BCUT2D eigenvalue weighted by Crippen LogP contribution is 2.21. The Hall–Kier alpha value is -2.63. The van der Waals surface area contributed by atoms with E-state index in [4.69, 9.17) is 11.5 Å². The SMILES string of the molecule is COC(=O)c1cncc(-c2ccc(N)c(N)n2)c1. The summed E-state index contributed by atoms with van der Waals surface area (Å²) in [6.45, 7) is 0. The normalized spacial score (nSPS) is 10.1. The van der Waals surface area contributed by atoms with Crippen molar-refractivity contribution in [2.75, 3.05) is 18.6 Å². The Morgan fingerprint density at radius 1 is 1.28 bits per heavy atom. The maximum atomic E-state index is 11.4. The van der Waals surface area contributed by atoms with E-state index in [0.29, 0.717) is 22.5 Å². The number of ether oxygens (including phenoxy) is 1. The number of carbonyl (C=O) groups is 1. The number of nitrogens with two attached hydrogens (primary N) is 2. The van der Waals surface area contributed by atoms with Crippen LogP contribution in [0.2, 0.25) is 0 Å². The number of aromatic nitrogens is 2. The van der Waals surface area contributed by atoms with E-state index in [1.54, 1.807) is 24.4 Å². The van der Waals surface area contributed by atoms with Gasteiger partial charge in [-0.05, 0) is 18.2 Å². The minimum atomic E-state index is -0.451. The van der Waals surface area contributed by atoms with Crippen LogP contribution in [0.5, 0.6) is 0 Å². The molecule has 6 heteroatoms. The molecule has 0 aliphatic heterocycles. The van der Waals surface area contributed by atoms with Crippen molar-refractivity contribution >= 4 is 17.5 Å². The molecule has 0 atom stereocenters. The van der Waals surface area contributed by atoms with Crippen LogP contribution in [0.4, 0.5) is 11.5 Å². The van der Waals surface area contributed by atoms with E-state index in [2.05, 4.69) is 14.7 Å². The van der Waals surface area contributed by atoms with Crippen LogP contribution in [0.25, 0.3) is 11.3 Å². The highest BCUT2D eigenvalue weighted by atomic mass is 16.5. The summed E-state index contributed by atoms with van der Waals surface area (Å²) in [6, 6.07) is 5.00. The number of nitrogen functional groups attached to an aromatic ring is 2. The van der Waals surface area contributed by atoms with Crippen molar-refractivity contribution in [3.8, 4) is 11.3 Å². The lowest BCUT2D eigenvalue weighted by molar-refractivity contribution is 0.0600.